The van der Waals surface area contributed by atoms with Crippen LogP contribution in [-0.2, 0) is 16.0 Å². The Balaban J connectivity index is 2.17. The first-order valence-electron chi connectivity index (χ1n) is 7.62. The van der Waals surface area contributed by atoms with E-state index < -0.39 is 12.1 Å². The molecule has 7 heteroatoms. The van der Waals surface area contributed by atoms with Crippen molar-refractivity contribution >= 4 is 28.5 Å². The molecule has 2 aromatic rings. The van der Waals surface area contributed by atoms with Gasteiger partial charge < -0.3 is 19.6 Å². The van der Waals surface area contributed by atoms with Crippen LogP contribution < -0.4 is 4.74 Å². The number of nitrogens with zero attached hydrogens (tertiary/aromatic N) is 1. The van der Waals surface area contributed by atoms with Gasteiger partial charge in [-0.3, -0.25) is 4.90 Å². The predicted molar refractivity (Wildman–Crippen MR) is 87.9 cm³/mol. The van der Waals surface area contributed by atoms with Crippen LogP contribution in [0.3, 0.4) is 0 Å². The summed E-state index contributed by atoms with van der Waals surface area (Å²) in [7, 11) is 1.59. The smallest absolute Gasteiger partial charge is 0.411 e. The number of carbonyl (C=O) groups excluding carboxylic acids is 1. The van der Waals surface area contributed by atoms with Crippen molar-refractivity contribution in [3.05, 3.63) is 35.7 Å². The van der Waals surface area contributed by atoms with Crippen molar-refractivity contribution in [2.24, 2.45) is 0 Å². The van der Waals surface area contributed by atoms with E-state index in [-0.39, 0.29) is 18.7 Å². The summed E-state index contributed by atoms with van der Waals surface area (Å²) in [5, 5.41) is 10.2. The summed E-state index contributed by atoms with van der Waals surface area (Å²) in [4.78, 5) is 28.0. The second-order valence-electron chi connectivity index (χ2n) is 5.38. The largest absolute Gasteiger partial charge is 0.497 e. The zero-order valence-electron chi connectivity index (χ0n) is 13.5. The van der Waals surface area contributed by atoms with Crippen LogP contribution in [0.2, 0.25) is 0 Å². The third-order valence-electron chi connectivity index (χ3n) is 4.01. The minimum absolute atomic E-state index is 0.210. The van der Waals surface area contributed by atoms with Crippen molar-refractivity contribution in [2.75, 3.05) is 20.3 Å². The fourth-order valence-corrected chi connectivity index (χ4v) is 2.88. The number of hydrogen-bond acceptors (Lipinski definition) is 4. The number of carbonyl (C=O) groups is 2. The first kappa shape index (κ1) is 15.9. The molecule has 0 bridgehead atoms. The number of aromatic nitrogens is 1. The lowest BCUT2D eigenvalue weighted by molar-refractivity contribution is -0.136. The van der Waals surface area contributed by atoms with Gasteiger partial charge in [-0.05, 0) is 31.0 Å². The summed E-state index contributed by atoms with van der Waals surface area (Å²) in [6, 6.07) is 5.59. The number of benzene rings is 1. The van der Waals surface area contributed by atoms with Crippen LogP contribution in [0.5, 0.6) is 5.75 Å². The van der Waals surface area contributed by atoms with Gasteiger partial charge in [0.1, 0.15) is 5.75 Å². The maximum absolute atomic E-state index is 12.3. The zero-order valence-corrected chi connectivity index (χ0v) is 13.5. The van der Waals surface area contributed by atoms with Crippen molar-refractivity contribution in [3.63, 3.8) is 0 Å². The number of amides is 1. The van der Waals surface area contributed by atoms with Gasteiger partial charge in [-0.2, -0.15) is 0 Å². The van der Waals surface area contributed by atoms with Crippen LogP contribution in [0, 0.1) is 0 Å². The number of H-pyrrole nitrogens is 1. The Kier molecular flexibility index (Phi) is 4.16. The lowest BCUT2D eigenvalue weighted by atomic mass is 10.0. The lowest BCUT2D eigenvalue weighted by Gasteiger charge is -2.13. The monoisotopic (exact) mass is 330 g/mol. The third kappa shape index (κ3) is 2.68. The highest BCUT2D eigenvalue weighted by Crippen LogP contribution is 2.33. The molecular weight excluding hydrogens is 312 g/mol. The number of esters is 1. The summed E-state index contributed by atoms with van der Waals surface area (Å²) in [5.41, 5.74) is 2.54. The molecule has 0 unspecified atom stereocenters. The Hall–Kier alpha value is -2.96. The Morgan fingerprint density at radius 2 is 2.17 bits per heavy atom. The average Bonchev–Trinajstić information content (AvgIpc) is 2.80. The lowest BCUT2D eigenvalue weighted by Crippen LogP contribution is -2.26. The number of rotatable bonds is 3. The fourth-order valence-electron chi connectivity index (χ4n) is 2.88. The normalized spacial score (nSPS) is 13.9. The SMILES string of the molecule is CCOC(=O)C1=CN(C(=O)O)CCc2c1[nH]c1cc(OC)ccc21. The molecule has 7 nitrogen and oxygen atoms in total. The van der Waals surface area contributed by atoms with Crippen molar-refractivity contribution in [3.8, 4) is 5.75 Å². The summed E-state index contributed by atoms with van der Waals surface area (Å²) in [6.07, 6.45) is 0.722. The van der Waals surface area contributed by atoms with Gasteiger partial charge in [0.2, 0.25) is 0 Å². The molecule has 1 amide bonds. The molecule has 0 radical (unpaired) electrons. The van der Waals surface area contributed by atoms with Crippen molar-refractivity contribution in [2.45, 2.75) is 13.3 Å². The number of nitrogens with one attached hydrogen (secondary N) is 1. The van der Waals surface area contributed by atoms with E-state index in [9.17, 15) is 14.7 Å². The van der Waals surface area contributed by atoms with E-state index in [1.54, 1.807) is 14.0 Å². The summed E-state index contributed by atoms with van der Waals surface area (Å²) < 4.78 is 10.3. The number of hydrogen-bond donors (Lipinski definition) is 2. The van der Waals surface area contributed by atoms with Crippen LogP contribution >= 0.6 is 0 Å². The van der Waals surface area contributed by atoms with Crippen LogP contribution in [-0.4, -0.2) is 47.3 Å². The van der Waals surface area contributed by atoms with E-state index in [1.807, 2.05) is 18.2 Å². The average molecular weight is 330 g/mol. The Bertz CT molecular complexity index is 837. The number of carboxylic acid groups (broad SMARTS) is 1. The van der Waals surface area contributed by atoms with Crippen molar-refractivity contribution in [1.29, 1.82) is 0 Å². The molecule has 3 rings (SSSR count). The van der Waals surface area contributed by atoms with Gasteiger partial charge in [-0.15, -0.1) is 0 Å². The fraction of sp³-hybridized carbons (Fsp3) is 0.294. The van der Waals surface area contributed by atoms with Gasteiger partial charge in [0.05, 0.1) is 25.0 Å². The molecule has 0 aliphatic carbocycles. The molecule has 0 saturated carbocycles. The van der Waals surface area contributed by atoms with E-state index in [4.69, 9.17) is 9.47 Å². The highest BCUT2D eigenvalue weighted by molar-refractivity contribution is 6.18. The molecule has 1 aliphatic heterocycles. The van der Waals surface area contributed by atoms with Gasteiger partial charge in [0.15, 0.2) is 0 Å². The number of aromatic amines is 1. The highest BCUT2D eigenvalue weighted by atomic mass is 16.5. The summed E-state index contributed by atoms with van der Waals surface area (Å²) >= 11 is 0. The second kappa shape index (κ2) is 6.27. The zero-order chi connectivity index (χ0) is 17.3. The van der Waals surface area contributed by atoms with Crippen molar-refractivity contribution in [1.82, 2.24) is 9.88 Å². The Morgan fingerprint density at radius 3 is 2.83 bits per heavy atom. The van der Waals surface area contributed by atoms with Gasteiger partial charge >= 0.3 is 12.1 Å². The van der Waals surface area contributed by atoms with Gasteiger partial charge in [0, 0.05) is 29.7 Å². The second-order valence-corrected chi connectivity index (χ2v) is 5.38. The number of methoxy groups -OCH3 is 1. The number of ether oxygens (including phenoxy) is 2. The van der Waals surface area contributed by atoms with Crippen LogP contribution in [0.4, 0.5) is 4.79 Å². The molecule has 1 aliphatic rings. The van der Waals surface area contributed by atoms with E-state index in [2.05, 4.69) is 4.98 Å². The third-order valence-corrected chi connectivity index (χ3v) is 4.01. The number of fused-ring (bicyclic) bond motifs is 3. The van der Waals surface area contributed by atoms with Gasteiger partial charge in [-0.25, -0.2) is 9.59 Å². The van der Waals surface area contributed by atoms with Gasteiger partial charge in [-0.1, -0.05) is 0 Å². The topological polar surface area (TPSA) is 91.9 Å². The predicted octanol–water partition coefficient (Wildman–Crippen LogP) is 2.62. The summed E-state index contributed by atoms with van der Waals surface area (Å²) in [6.45, 7) is 2.19. The molecule has 126 valence electrons. The maximum Gasteiger partial charge on any atom is 0.411 e. The van der Waals surface area contributed by atoms with Crippen LogP contribution in [0.15, 0.2) is 24.4 Å². The minimum Gasteiger partial charge on any atom is -0.497 e. The molecule has 2 heterocycles. The van der Waals surface area contributed by atoms with E-state index >= 15 is 0 Å². The van der Waals surface area contributed by atoms with E-state index in [1.165, 1.54) is 6.20 Å². The first-order chi connectivity index (χ1) is 11.5. The van der Waals surface area contributed by atoms with E-state index in [0.717, 1.165) is 21.4 Å². The highest BCUT2D eigenvalue weighted by Gasteiger charge is 2.27. The first-order valence-corrected chi connectivity index (χ1v) is 7.62. The van der Waals surface area contributed by atoms with Crippen molar-refractivity contribution < 1.29 is 24.2 Å². The molecule has 0 saturated heterocycles. The molecule has 0 atom stereocenters. The maximum atomic E-state index is 12.3. The Morgan fingerprint density at radius 1 is 1.38 bits per heavy atom. The molecule has 1 aromatic carbocycles. The molecule has 2 N–H and O–H groups in total. The Labute approximate surface area is 138 Å². The molecule has 0 spiro atoms. The molecule has 1 aromatic heterocycles. The van der Waals surface area contributed by atoms with Crippen LogP contribution in [0.25, 0.3) is 16.5 Å². The van der Waals surface area contributed by atoms with Crippen LogP contribution in [0.1, 0.15) is 18.2 Å². The molecule has 24 heavy (non-hydrogen) atoms. The van der Waals surface area contributed by atoms with E-state index in [0.29, 0.717) is 17.9 Å². The minimum atomic E-state index is -1.10. The standard InChI is InChI=1S/C17H18N2O5/c1-3-24-16(20)13-9-19(17(21)22)7-6-12-11-5-4-10(23-2)8-14(11)18-15(12)13/h4-5,8-9,18H,3,6-7H2,1-2H3,(H,21,22). The summed E-state index contributed by atoms with van der Waals surface area (Å²) in [5.74, 6) is 0.151. The molecular formula is C17H18N2O5. The molecule has 0 fully saturated rings. The quantitative estimate of drug-likeness (QED) is 0.844. The van der Waals surface area contributed by atoms with Gasteiger partial charge in [0.25, 0.3) is 0 Å².